The van der Waals surface area contributed by atoms with Crippen LogP contribution in [0.3, 0.4) is 0 Å². The van der Waals surface area contributed by atoms with E-state index in [9.17, 15) is 4.79 Å². The molecule has 0 aliphatic rings. The van der Waals surface area contributed by atoms with E-state index < -0.39 is 5.97 Å². The van der Waals surface area contributed by atoms with Crippen molar-refractivity contribution in [1.82, 2.24) is 0 Å². The number of carbonyl (C=O) groups is 1. The number of carbonyl (C=O) groups excluding carboxylic acids is 1. The molecule has 0 radical (unpaired) electrons. The highest BCUT2D eigenvalue weighted by atomic mass is 79.9. The highest BCUT2D eigenvalue weighted by molar-refractivity contribution is 9.10. The van der Waals surface area contributed by atoms with Crippen LogP contribution in [0.1, 0.15) is 10.4 Å². The van der Waals surface area contributed by atoms with Gasteiger partial charge in [-0.2, -0.15) is 0 Å². The van der Waals surface area contributed by atoms with Crippen molar-refractivity contribution in [3.63, 3.8) is 0 Å². The number of methoxy groups -OCH3 is 1. The molecule has 0 unspecified atom stereocenters. The zero-order chi connectivity index (χ0) is 11.3. The first kappa shape index (κ1) is 15.2. The van der Waals surface area contributed by atoms with Gasteiger partial charge in [-0.15, -0.1) is 12.4 Å². The van der Waals surface area contributed by atoms with Crippen LogP contribution < -0.4 is 10.5 Å². The molecule has 0 atom stereocenters. The van der Waals surface area contributed by atoms with Gasteiger partial charge in [-0.3, -0.25) is 0 Å². The zero-order valence-electron chi connectivity index (χ0n) is 8.73. The van der Waals surface area contributed by atoms with Gasteiger partial charge in [-0.05, 0) is 18.2 Å². The highest BCUT2D eigenvalue weighted by Gasteiger charge is 2.08. The molecule has 0 aliphatic carbocycles. The number of esters is 1. The Kier molecular flexibility index (Phi) is 7.12. The average Bonchev–Trinajstić information content (AvgIpc) is 2.24. The molecule has 0 saturated heterocycles. The normalized spacial score (nSPS) is 9.19. The SMILES string of the molecule is COC(=O)c1cc(Br)cc(OCCN)c1.Cl. The minimum atomic E-state index is -0.395. The summed E-state index contributed by atoms with van der Waals surface area (Å²) in [7, 11) is 1.34. The summed E-state index contributed by atoms with van der Waals surface area (Å²) in [6.45, 7) is 0.844. The molecular weight excluding hydrogens is 297 g/mol. The van der Waals surface area contributed by atoms with Crippen molar-refractivity contribution in [3.05, 3.63) is 28.2 Å². The van der Waals surface area contributed by atoms with E-state index in [0.717, 1.165) is 4.47 Å². The quantitative estimate of drug-likeness (QED) is 0.864. The van der Waals surface area contributed by atoms with Crippen LogP contribution >= 0.6 is 28.3 Å². The minimum Gasteiger partial charge on any atom is -0.492 e. The maximum absolute atomic E-state index is 11.3. The molecule has 1 aromatic rings. The number of ether oxygens (including phenoxy) is 2. The van der Waals surface area contributed by atoms with Gasteiger partial charge in [0.05, 0.1) is 12.7 Å². The third kappa shape index (κ3) is 4.38. The number of rotatable bonds is 4. The molecule has 16 heavy (non-hydrogen) atoms. The van der Waals surface area contributed by atoms with Gasteiger partial charge in [-0.25, -0.2) is 4.79 Å². The Labute approximate surface area is 109 Å². The summed E-state index contributed by atoms with van der Waals surface area (Å²) in [6, 6.07) is 5.05. The van der Waals surface area contributed by atoms with Crippen LogP contribution in [0.5, 0.6) is 5.75 Å². The van der Waals surface area contributed by atoms with Gasteiger partial charge in [0.1, 0.15) is 12.4 Å². The Morgan fingerprint density at radius 1 is 1.44 bits per heavy atom. The smallest absolute Gasteiger partial charge is 0.338 e. The van der Waals surface area contributed by atoms with E-state index >= 15 is 0 Å². The number of hydrogen-bond donors (Lipinski definition) is 1. The number of benzene rings is 1. The van der Waals surface area contributed by atoms with Crippen LogP contribution in [-0.2, 0) is 4.74 Å². The van der Waals surface area contributed by atoms with Crippen molar-refractivity contribution in [1.29, 1.82) is 0 Å². The second-order valence-corrected chi connectivity index (χ2v) is 3.72. The Balaban J connectivity index is 0.00000225. The van der Waals surface area contributed by atoms with E-state index in [2.05, 4.69) is 20.7 Å². The predicted octanol–water partition coefficient (Wildman–Crippen LogP) is 1.99. The van der Waals surface area contributed by atoms with Crippen LogP contribution in [0.25, 0.3) is 0 Å². The molecule has 1 aromatic carbocycles. The molecule has 0 saturated carbocycles. The van der Waals surface area contributed by atoms with E-state index in [1.807, 2.05) is 0 Å². The Hall–Kier alpha value is -0.780. The fourth-order valence-corrected chi connectivity index (χ4v) is 1.53. The van der Waals surface area contributed by atoms with Crippen LogP contribution in [0.15, 0.2) is 22.7 Å². The molecule has 0 aromatic heterocycles. The summed E-state index contributed by atoms with van der Waals surface area (Å²) < 4.78 is 10.7. The fraction of sp³-hybridized carbons (Fsp3) is 0.300. The van der Waals surface area contributed by atoms with Crippen molar-refractivity contribution >= 4 is 34.3 Å². The van der Waals surface area contributed by atoms with Gasteiger partial charge >= 0.3 is 5.97 Å². The zero-order valence-corrected chi connectivity index (χ0v) is 11.1. The van der Waals surface area contributed by atoms with Crippen molar-refractivity contribution in [2.24, 2.45) is 5.73 Å². The van der Waals surface area contributed by atoms with E-state index in [0.29, 0.717) is 24.5 Å². The summed E-state index contributed by atoms with van der Waals surface area (Å²) in [5, 5.41) is 0. The van der Waals surface area contributed by atoms with Crippen LogP contribution in [0, 0.1) is 0 Å². The van der Waals surface area contributed by atoms with Gasteiger partial charge in [0.15, 0.2) is 0 Å². The second-order valence-electron chi connectivity index (χ2n) is 2.80. The minimum absolute atomic E-state index is 0. The van der Waals surface area contributed by atoms with Crippen LogP contribution in [0.4, 0.5) is 0 Å². The van der Waals surface area contributed by atoms with Gasteiger partial charge in [0.25, 0.3) is 0 Å². The van der Waals surface area contributed by atoms with E-state index in [-0.39, 0.29) is 12.4 Å². The summed E-state index contributed by atoms with van der Waals surface area (Å²) >= 11 is 3.28. The molecule has 6 heteroatoms. The molecule has 0 fully saturated rings. The maximum Gasteiger partial charge on any atom is 0.338 e. The maximum atomic E-state index is 11.3. The van der Waals surface area contributed by atoms with E-state index in [1.54, 1.807) is 18.2 Å². The molecule has 0 spiro atoms. The van der Waals surface area contributed by atoms with Crippen LogP contribution in [-0.4, -0.2) is 26.2 Å². The lowest BCUT2D eigenvalue weighted by atomic mass is 10.2. The molecule has 2 N–H and O–H groups in total. The van der Waals surface area contributed by atoms with E-state index in [4.69, 9.17) is 10.5 Å². The molecule has 90 valence electrons. The van der Waals surface area contributed by atoms with Gasteiger partial charge in [0, 0.05) is 11.0 Å². The average molecular weight is 311 g/mol. The summed E-state index contributed by atoms with van der Waals surface area (Å²) in [5.41, 5.74) is 5.75. The third-order valence-electron chi connectivity index (χ3n) is 1.68. The Morgan fingerprint density at radius 3 is 2.69 bits per heavy atom. The lowest BCUT2D eigenvalue weighted by molar-refractivity contribution is 0.0600. The third-order valence-corrected chi connectivity index (χ3v) is 2.14. The molecule has 0 bridgehead atoms. The van der Waals surface area contributed by atoms with Gasteiger partial charge in [0.2, 0.25) is 0 Å². The highest BCUT2D eigenvalue weighted by Crippen LogP contribution is 2.21. The standard InChI is InChI=1S/C10H12BrNO3.ClH/c1-14-10(13)7-4-8(11)6-9(5-7)15-3-2-12;/h4-6H,2-3,12H2,1H3;1H. The monoisotopic (exact) mass is 309 g/mol. The largest absolute Gasteiger partial charge is 0.492 e. The lowest BCUT2D eigenvalue weighted by Gasteiger charge is -2.07. The molecule has 4 nitrogen and oxygen atoms in total. The van der Waals surface area contributed by atoms with Gasteiger partial charge < -0.3 is 15.2 Å². The summed E-state index contributed by atoms with van der Waals surface area (Å²) in [5.74, 6) is 0.198. The van der Waals surface area contributed by atoms with Crippen molar-refractivity contribution in [2.45, 2.75) is 0 Å². The molecular formula is C10H13BrClNO3. The topological polar surface area (TPSA) is 61.5 Å². The predicted molar refractivity (Wildman–Crippen MR) is 67.3 cm³/mol. The molecule has 0 aliphatic heterocycles. The van der Waals surface area contributed by atoms with Crippen molar-refractivity contribution < 1.29 is 14.3 Å². The second kappa shape index (κ2) is 7.49. The van der Waals surface area contributed by atoms with Crippen molar-refractivity contribution in [3.8, 4) is 5.75 Å². The van der Waals surface area contributed by atoms with Gasteiger partial charge in [-0.1, -0.05) is 15.9 Å². The summed E-state index contributed by atoms with van der Waals surface area (Å²) in [4.78, 5) is 11.3. The molecule has 1 rings (SSSR count). The summed E-state index contributed by atoms with van der Waals surface area (Å²) in [6.07, 6.45) is 0. The first-order chi connectivity index (χ1) is 7.17. The molecule has 0 amide bonds. The first-order valence-electron chi connectivity index (χ1n) is 4.39. The Bertz CT molecular complexity index is 360. The number of hydrogen-bond acceptors (Lipinski definition) is 4. The molecule has 0 heterocycles. The number of halogens is 2. The van der Waals surface area contributed by atoms with Crippen LogP contribution in [0.2, 0.25) is 0 Å². The van der Waals surface area contributed by atoms with E-state index in [1.165, 1.54) is 7.11 Å². The number of nitrogens with two attached hydrogens (primary N) is 1. The lowest BCUT2D eigenvalue weighted by Crippen LogP contribution is -2.11. The fourth-order valence-electron chi connectivity index (χ4n) is 1.06. The Morgan fingerprint density at radius 2 is 2.12 bits per heavy atom. The van der Waals surface area contributed by atoms with Crippen molar-refractivity contribution in [2.75, 3.05) is 20.3 Å². The first-order valence-corrected chi connectivity index (χ1v) is 5.18.